The van der Waals surface area contributed by atoms with Crippen LogP contribution < -0.4 is 15.0 Å². The molecule has 0 bridgehead atoms. The van der Waals surface area contributed by atoms with Gasteiger partial charge in [-0.05, 0) is 47.9 Å². The molecule has 2 atom stereocenters. The Bertz CT molecular complexity index is 1120. The van der Waals surface area contributed by atoms with Crippen molar-refractivity contribution >= 4 is 46.6 Å². The number of nitrogens with one attached hydrogen (secondary N) is 1. The van der Waals surface area contributed by atoms with Gasteiger partial charge in [0.25, 0.3) is 0 Å². The zero-order valence-electron chi connectivity index (χ0n) is 17.7. The third kappa shape index (κ3) is 4.61. The summed E-state index contributed by atoms with van der Waals surface area (Å²) in [6, 6.07) is 22.5. The monoisotopic (exact) mass is 466 g/mol. The first-order chi connectivity index (χ1) is 15.5. The first-order valence-corrected chi connectivity index (χ1v) is 11.6. The summed E-state index contributed by atoms with van der Waals surface area (Å²) < 4.78 is 5.50. The summed E-state index contributed by atoms with van der Waals surface area (Å²) in [4.78, 5) is 27.0. The molecule has 32 heavy (non-hydrogen) atoms. The van der Waals surface area contributed by atoms with Gasteiger partial charge in [0.1, 0.15) is 16.5 Å². The number of ether oxygens (including phenoxy) is 1. The molecule has 0 aliphatic carbocycles. The Kier molecular flexibility index (Phi) is 6.72. The maximum Gasteiger partial charge on any atom is 0.246 e. The maximum atomic E-state index is 12.7. The Balaban J connectivity index is 1.53. The van der Waals surface area contributed by atoms with Crippen LogP contribution in [0.25, 0.3) is 0 Å². The largest absolute Gasteiger partial charge is 0.495 e. The molecule has 0 spiro atoms. The molecule has 1 heterocycles. The molecule has 5 nitrogen and oxygen atoms in total. The topological polar surface area (TPSA) is 58.6 Å². The number of aryl methyl sites for hydroxylation is 1. The molecule has 3 aromatic carbocycles. The Labute approximate surface area is 196 Å². The lowest BCUT2D eigenvalue weighted by molar-refractivity contribution is -0.116. The number of rotatable bonds is 6. The molecular formula is C25H23ClN2O3S. The summed E-state index contributed by atoms with van der Waals surface area (Å²) in [5.41, 5.74) is 4.17. The number of benzene rings is 3. The van der Waals surface area contributed by atoms with E-state index < -0.39 is 5.38 Å². The molecule has 1 aliphatic rings. The van der Waals surface area contributed by atoms with E-state index in [1.807, 2.05) is 79.7 Å². The number of carbonyl (C=O) groups is 2. The van der Waals surface area contributed by atoms with E-state index in [0.717, 1.165) is 22.4 Å². The Morgan fingerprint density at radius 2 is 1.84 bits per heavy atom. The van der Waals surface area contributed by atoms with Crippen LogP contribution in [0.3, 0.4) is 0 Å². The molecule has 1 saturated heterocycles. The second-order valence-corrected chi connectivity index (χ2v) is 8.99. The highest BCUT2D eigenvalue weighted by molar-refractivity contribution is 8.00. The Hall–Kier alpha value is -2.96. The summed E-state index contributed by atoms with van der Waals surface area (Å²) >= 11 is 7.88. The molecule has 1 fully saturated rings. The Morgan fingerprint density at radius 3 is 2.53 bits per heavy atom. The van der Waals surface area contributed by atoms with Gasteiger partial charge in [-0.2, -0.15) is 0 Å². The predicted octanol–water partition coefficient (Wildman–Crippen LogP) is 5.70. The fraction of sp³-hybridized carbons (Fsp3) is 0.200. The van der Waals surface area contributed by atoms with Gasteiger partial charge >= 0.3 is 0 Å². The molecule has 2 amide bonds. The van der Waals surface area contributed by atoms with Gasteiger partial charge in [-0.1, -0.05) is 48.5 Å². The van der Waals surface area contributed by atoms with Crippen molar-refractivity contribution in [3.05, 3.63) is 89.5 Å². The van der Waals surface area contributed by atoms with Crippen molar-refractivity contribution < 1.29 is 14.3 Å². The van der Waals surface area contributed by atoms with Gasteiger partial charge < -0.3 is 10.1 Å². The van der Waals surface area contributed by atoms with Crippen molar-refractivity contribution in [2.24, 2.45) is 0 Å². The zero-order valence-corrected chi connectivity index (χ0v) is 19.3. The van der Waals surface area contributed by atoms with Gasteiger partial charge in [-0.25, -0.2) is 0 Å². The van der Waals surface area contributed by atoms with Crippen molar-refractivity contribution in [3.63, 3.8) is 0 Å². The van der Waals surface area contributed by atoms with E-state index in [2.05, 4.69) is 5.32 Å². The number of methoxy groups -OCH3 is 1. The van der Waals surface area contributed by atoms with Gasteiger partial charge in [0.05, 0.1) is 18.6 Å². The van der Waals surface area contributed by atoms with Crippen LogP contribution in [0.15, 0.2) is 72.8 Å². The SMILES string of the molecule is COc1ccc(C)cc1N1C(=O)CSC1c1ccc(NC(=O)C(Cl)c2ccccc2)cc1. The lowest BCUT2D eigenvalue weighted by Gasteiger charge is -2.26. The number of halogens is 1. The van der Waals surface area contributed by atoms with E-state index in [1.54, 1.807) is 23.8 Å². The number of anilines is 2. The smallest absolute Gasteiger partial charge is 0.246 e. The van der Waals surface area contributed by atoms with Gasteiger partial charge in [-0.3, -0.25) is 14.5 Å². The van der Waals surface area contributed by atoms with Crippen molar-refractivity contribution in [2.45, 2.75) is 17.7 Å². The van der Waals surface area contributed by atoms with Gasteiger partial charge in [0, 0.05) is 5.69 Å². The number of alkyl halides is 1. The van der Waals surface area contributed by atoms with Crippen LogP contribution in [0.5, 0.6) is 5.75 Å². The molecule has 2 unspecified atom stereocenters. The second-order valence-electron chi connectivity index (χ2n) is 7.49. The summed E-state index contributed by atoms with van der Waals surface area (Å²) in [5, 5.41) is 1.91. The van der Waals surface area contributed by atoms with E-state index in [0.29, 0.717) is 17.2 Å². The minimum Gasteiger partial charge on any atom is -0.495 e. The molecule has 1 aliphatic heterocycles. The van der Waals surface area contributed by atoms with E-state index in [-0.39, 0.29) is 17.2 Å². The molecule has 1 N–H and O–H groups in total. The summed E-state index contributed by atoms with van der Waals surface area (Å²) in [6.45, 7) is 1.99. The first-order valence-electron chi connectivity index (χ1n) is 10.2. The maximum absolute atomic E-state index is 12.7. The Morgan fingerprint density at radius 1 is 1.12 bits per heavy atom. The van der Waals surface area contributed by atoms with E-state index in [4.69, 9.17) is 16.3 Å². The van der Waals surface area contributed by atoms with Gasteiger partial charge in [-0.15, -0.1) is 23.4 Å². The quantitative estimate of drug-likeness (QED) is 0.473. The summed E-state index contributed by atoms with van der Waals surface area (Å²) in [7, 11) is 1.61. The fourth-order valence-corrected chi connectivity index (χ4v) is 5.00. The molecule has 4 rings (SSSR count). The number of nitrogens with zero attached hydrogens (tertiary/aromatic N) is 1. The molecule has 7 heteroatoms. The summed E-state index contributed by atoms with van der Waals surface area (Å²) in [6.07, 6.45) is 0. The molecule has 0 radical (unpaired) electrons. The average Bonchev–Trinajstić information content (AvgIpc) is 3.20. The van der Waals surface area contributed by atoms with Crippen LogP contribution in [0.2, 0.25) is 0 Å². The normalized spacial score (nSPS) is 16.7. The third-order valence-corrected chi connectivity index (χ3v) is 6.91. The number of amides is 2. The highest BCUT2D eigenvalue weighted by atomic mass is 35.5. The molecule has 164 valence electrons. The van der Waals surface area contributed by atoms with Crippen molar-refractivity contribution in [3.8, 4) is 5.75 Å². The fourth-order valence-electron chi connectivity index (χ4n) is 3.63. The lowest BCUT2D eigenvalue weighted by atomic mass is 10.1. The standard InChI is InChI=1S/C25H23ClN2O3S/c1-16-8-13-21(31-2)20(14-16)28-22(29)15-32-25(28)18-9-11-19(12-10-18)27-24(30)23(26)17-6-4-3-5-7-17/h3-14,23,25H,15H2,1-2H3,(H,27,30). The minimum absolute atomic E-state index is 0.0362. The van der Waals surface area contributed by atoms with Gasteiger partial charge in [0.2, 0.25) is 11.8 Å². The van der Waals surface area contributed by atoms with E-state index in [9.17, 15) is 9.59 Å². The molecule has 0 aromatic heterocycles. The van der Waals surface area contributed by atoms with Crippen molar-refractivity contribution in [1.82, 2.24) is 0 Å². The molecule has 0 saturated carbocycles. The lowest BCUT2D eigenvalue weighted by Crippen LogP contribution is -2.28. The highest BCUT2D eigenvalue weighted by Gasteiger charge is 2.35. The number of thioether (sulfide) groups is 1. The number of carbonyl (C=O) groups excluding carboxylic acids is 2. The third-order valence-electron chi connectivity index (χ3n) is 5.25. The second kappa shape index (κ2) is 9.67. The summed E-state index contributed by atoms with van der Waals surface area (Å²) in [5.74, 6) is 0.802. The van der Waals surface area contributed by atoms with Crippen LogP contribution in [0, 0.1) is 6.92 Å². The van der Waals surface area contributed by atoms with Crippen LogP contribution in [0.4, 0.5) is 11.4 Å². The van der Waals surface area contributed by atoms with E-state index >= 15 is 0 Å². The van der Waals surface area contributed by atoms with E-state index in [1.165, 1.54) is 0 Å². The van der Waals surface area contributed by atoms with Crippen LogP contribution in [-0.2, 0) is 9.59 Å². The first kappa shape index (κ1) is 22.2. The van der Waals surface area contributed by atoms with Crippen LogP contribution in [0.1, 0.15) is 27.4 Å². The predicted molar refractivity (Wildman–Crippen MR) is 131 cm³/mol. The molecule has 3 aromatic rings. The van der Waals surface area contributed by atoms with Crippen LogP contribution in [-0.4, -0.2) is 24.7 Å². The number of hydrogen-bond donors (Lipinski definition) is 1. The average molecular weight is 467 g/mol. The van der Waals surface area contributed by atoms with Crippen molar-refractivity contribution in [2.75, 3.05) is 23.1 Å². The minimum atomic E-state index is -0.775. The van der Waals surface area contributed by atoms with Crippen LogP contribution >= 0.6 is 23.4 Å². The number of hydrogen-bond acceptors (Lipinski definition) is 4. The molecular weight excluding hydrogens is 444 g/mol. The van der Waals surface area contributed by atoms with Gasteiger partial charge in [0.15, 0.2) is 0 Å². The van der Waals surface area contributed by atoms with Crippen molar-refractivity contribution in [1.29, 1.82) is 0 Å². The zero-order chi connectivity index (χ0) is 22.7. The highest BCUT2D eigenvalue weighted by Crippen LogP contribution is 2.45.